The minimum absolute atomic E-state index is 0.0276. The third-order valence-corrected chi connectivity index (χ3v) is 5.24. The lowest BCUT2D eigenvalue weighted by molar-refractivity contribution is 0.0999. The van der Waals surface area contributed by atoms with E-state index in [2.05, 4.69) is 41.3 Å². The second-order valence-electron chi connectivity index (χ2n) is 7.81. The average molecular weight is 325 g/mol. The molecule has 1 atom stereocenters. The Morgan fingerprint density at radius 1 is 1.09 bits per heavy atom. The van der Waals surface area contributed by atoms with Crippen molar-refractivity contribution >= 4 is 6.03 Å². The molecule has 2 aliphatic rings. The lowest BCUT2D eigenvalue weighted by Crippen LogP contribution is -2.54. The van der Waals surface area contributed by atoms with E-state index in [9.17, 15) is 4.79 Å². The van der Waals surface area contributed by atoms with Gasteiger partial charge >= 0.3 is 6.03 Å². The zero-order valence-corrected chi connectivity index (χ0v) is 15.3. The van der Waals surface area contributed by atoms with Crippen molar-refractivity contribution in [2.24, 2.45) is 5.92 Å². The maximum absolute atomic E-state index is 12.2. The third-order valence-electron chi connectivity index (χ3n) is 5.24. The maximum atomic E-state index is 12.2. The summed E-state index contributed by atoms with van der Waals surface area (Å²) in [6, 6.07) is 0.872. The number of carbonyl (C=O) groups is 1. The average Bonchev–Trinajstić information content (AvgIpc) is 2.53. The van der Waals surface area contributed by atoms with Gasteiger partial charge in [0.1, 0.15) is 0 Å². The Balaban J connectivity index is 1.76. The van der Waals surface area contributed by atoms with E-state index in [1.54, 1.807) is 0 Å². The molecule has 23 heavy (non-hydrogen) atoms. The van der Waals surface area contributed by atoms with Gasteiger partial charge in [0.05, 0.1) is 0 Å². The molecule has 0 aromatic rings. The number of hydrogen-bond acceptors (Lipinski definition) is 3. The summed E-state index contributed by atoms with van der Waals surface area (Å²) >= 11 is 0. The Labute approximate surface area is 142 Å². The molecule has 1 unspecified atom stereocenters. The first-order valence-corrected chi connectivity index (χ1v) is 9.51. The van der Waals surface area contributed by atoms with E-state index in [4.69, 9.17) is 0 Å². The van der Waals surface area contributed by atoms with Gasteiger partial charge in [-0.15, -0.1) is 0 Å². The molecular weight excluding hydrogens is 288 g/mol. The van der Waals surface area contributed by atoms with Gasteiger partial charge in [-0.05, 0) is 32.2 Å². The number of likely N-dealkylation sites (N-methyl/N-ethyl adjacent to an activating group) is 1. The van der Waals surface area contributed by atoms with E-state index >= 15 is 0 Å². The molecule has 0 bridgehead atoms. The lowest BCUT2D eigenvalue weighted by Gasteiger charge is -2.38. The van der Waals surface area contributed by atoms with Crippen LogP contribution in [-0.2, 0) is 0 Å². The van der Waals surface area contributed by atoms with Crippen LogP contribution in [0.5, 0.6) is 0 Å². The van der Waals surface area contributed by atoms with Crippen LogP contribution < -0.4 is 10.6 Å². The van der Waals surface area contributed by atoms with Crippen molar-refractivity contribution in [2.45, 2.75) is 64.5 Å². The largest absolute Gasteiger partial charge is 0.337 e. The van der Waals surface area contributed by atoms with Crippen molar-refractivity contribution in [3.8, 4) is 0 Å². The van der Waals surface area contributed by atoms with Crippen LogP contribution in [0.2, 0.25) is 0 Å². The van der Waals surface area contributed by atoms with E-state index in [0.29, 0.717) is 18.0 Å². The van der Waals surface area contributed by atoms with Gasteiger partial charge < -0.3 is 15.5 Å². The highest BCUT2D eigenvalue weighted by Crippen LogP contribution is 2.17. The van der Waals surface area contributed by atoms with E-state index in [1.807, 2.05) is 0 Å². The second kappa shape index (κ2) is 9.48. The summed E-state index contributed by atoms with van der Waals surface area (Å²) in [6.07, 6.45) is 7.25. The number of hydrogen-bond donors (Lipinski definition) is 2. The van der Waals surface area contributed by atoms with Crippen LogP contribution in [0.25, 0.3) is 0 Å². The van der Waals surface area contributed by atoms with Crippen LogP contribution in [0.4, 0.5) is 4.79 Å². The molecule has 1 saturated heterocycles. The predicted octanol–water partition coefficient (Wildman–Crippen LogP) is 2.28. The topological polar surface area (TPSA) is 47.6 Å². The molecular formula is C18H36N4O. The lowest BCUT2D eigenvalue weighted by atomic mass is 9.96. The Hall–Kier alpha value is -0.810. The minimum atomic E-state index is 0.0276. The van der Waals surface area contributed by atoms with Gasteiger partial charge in [-0.25, -0.2) is 4.79 Å². The molecule has 1 heterocycles. The van der Waals surface area contributed by atoms with Crippen LogP contribution >= 0.6 is 0 Å². The highest BCUT2D eigenvalue weighted by molar-refractivity contribution is 5.74. The highest BCUT2D eigenvalue weighted by Gasteiger charge is 2.24. The quantitative estimate of drug-likeness (QED) is 0.788. The Morgan fingerprint density at radius 3 is 2.35 bits per heavy atom. The van der Waals surface area contributed by atoms with E-state index < -0.39 is 0 Å². The van der Waals surface area contributed by atoms with Gasteiger partial charge in [-0.2, -0.15) is 0 Å². The number of piperazine rings is 1. The van der Waals surface area contributed by atoms with Crippen molar-refractivity contribution in [3.63, 3.8) is 0 Å². The standard InChI is InChI=1S/C18H36N4O/c1-15(2)13-17(22-11-9-21(3)10-12-22)14-19-18(23)20-16-7-5-4-6-8-16/h15-17H,4-14H2,1-3H3,(H2,19,20,23). The van der Waals surface area contributed by atoms with Crippen LogP contribution in [0.1, 0.15) is 52.4 Å². The molecule has 5 heteroatoms. The van der Waals surface area contributed by atoms with E-state index in [0.717, 1.165) is 52.0 Å². The van der Waals surface area contributed by atoms with Crippen LogP contribution in [0, 0.1) is 5.92 Å². The van der Waals surface area contributed by atoms with Gasteiger partial charge in [0.25, 0.3) is 0 Å². The van der Waals surface area contributed by atoms with Gasteiger partial charge in [0.15, 0.2) is 0 Å². The summed E-state index contributed by atoms with van der Waals surface area (Å²) in [4.78, 5) is 17.1. The first-order chi connectivity index (χ1) is 11.0. The van der Waals surface area contributed by atoms with Crippen molar-refractivity contribution in [1.82, 2.24) is 20.4 Å². The summed E-state index contributed by atoms with van der Waals surface area (Å²) in [5.41, 5.74) is 0. The smallest absolute Gasteiger partial charge is 0.315 e. The van der Waals surface area contributed by atoms with Crippen LogP contribution in [0.15, 0.2) is 0 Å². The minimum Gasteiger partial charge on any atom is -0.337 e. The highest BCUT2D eigenvalue weighted by atomic mass is 16.2. The fraction of sp³-hybridized carbons (Fsp3) is 0.944. The second-order valence-corrected chi connectivity index (χ2v) is 7.81. The molecule has 2 fully saturated rings. The van der Waals surface area contributed by atoms with Crippen molar-refractivity contribution in [2.75, 3.05) is 39.8 Å². The van der Waals surface area contributed by atoms with E-state index in [-0.39, 0.29) is 6.03 Å². The van der Waals surface area contributed by atoms with Gasteiger partial charge in [0, 0.05) is 44.8 Å². The summed E-state index contributed by atoms with van der Waals surface area (Å²) in [5, 5.41) is 6.30. The first-order valence-electron chi connectivity index (χ1n) is 9.51. The molecule has 2 amide bonds. The normalized spacial score (nSPS) is 23.0. The predicted molar refractivity (Wildman–Crippen MR) is 95.7 cm³/mol. The van der Waals surface area contributed by atoms with Gasteiger partial charge in [0.2, 0.25) is 0 Å². The molecule has 0 aromatic carbocycles. The summed E-state index contributed by atoms with van der Waals surface area (Å²) < 4.78 is 0. The summed E-state index contributed by atoms with van der Waals surface area (Å²) in [7, 11) is 2.19. The van der Waals surface area contributed by atoms with Crippen LogP contribution in [-0.4, -0.2) is 67.7 Å². The van der Waals surface area contributed by atoms with Gasteiger partial charge in [-0.1, -0.05) is 33.1 Å². The van der Waals surface area contributed by atoms with E-state index in [1.165, 1.54) is 19.3 Å². The number of amides is 2. The number of carbonyl (C=O) groups excluding carboxylic acids is 1. The molecule has 2 rings (SSSR count). The van der Waals surface area contributed by atoms with Crippen molar-refractivity contribution in [3.05, 3.63) is 0 Å². The Kier molecular flexibility index (Phi) is 7.63. The molecule has 2 N–H and O–H groups in total. The molecule has 0 aromatic heterocycles. The first kappa shape index (κ1) is 18.5. The number of nitrogens with one attached hydrogen (secondary N) is 2. The zero-order valence-electron chi connectivity index (χ0n) is 15.3. The summed E-state index contributed by atoms with van der Waals surface area (Å²) in [6.45, 7) is 9.78. The fourth-order valence-electron chi connectivity index (χ4n) is 3.79. The Morgan fingerprint density at radius 2 is 1.74 bits per heavy atom. The molecule has 134 valence electrons. The fourth-order valence-corrected chi connectivity index (χ4v) is 3.79. The van der Waals surface area contributed by atoms with Crippen molar-refractivity contribution in [1.29, 1.82) is 0 Å². The zero-order chi connectivity index (χ0) is 16.7. The maximum Gasteiger partial charge on any atom is 0.315 e. The summed E-state index contributed by atoms with van der Waals surface area (Å²) in [5.74, 6) is 0.655. The monoisotopic (exact) mass is 324 g/mol. The number of urea groups is 1. The Bertz CT molecular complexity index is 347. The van der Waals surface area contributed by atoms with Gasteiger partial charge in [-0.3, -0.25) is 4.90 Å². The molecule has 1 saturated carbocycles. The van der Waals surface area contributed by atoms with Crippen LogP contribution in [0.3, 0.4) is 0 Å². The number of rotatable bonds is 6. The molecule has 0 spiro atoms. The SMILES string of the molecule is CC(C)CC(CNC(=O)NC1CCCCC1)N1CCN(C)CC1. The number of nitrogens with zero attached hydrogens (tertiary/aromatic N) is 2. The van der Waals surface area contributed by atoms with Crippen molar-refractivity contribution < 1.29 is 4.79 Å². The molecule has 1 aliphatic carbocycles. The molecule has 0 radical (unpaired) electrons. The molecule has 1 aliphatic heterocycles. The third kappa shape index (κ3) is 6.68. The molecule has 5 nitrogen and oxygen atoms in total.